The molecule has 7 nitrogen and oxygen atoms in total. The Kier molecular flexibility index (Phi) is 6.09. The summed E-state index contributed by atoms with van der Waals surface area (Å²) >= 11 is 6.11. The number of nitrogens with zero attached hydrogens (tertiary/aromatic N) is 4. The van der Waals surface area contributed by atoms with Crippen molar-refractivity contribution >= 4 is 34.2 Å². The molecule has 2 aromatic heterocycles. The summed E-state index contributed by atoms with van der Waals surface area (Å²) in [6.07, 6.45) is 3.91. The molecule has 4 aromatic rings. The van der Waals surface area contributed by atoms with E-state index >= 15 is 0 Å². The zero-order valence-corrected chi connectivity index (χ0v) is 18.7. The van der Waals surface area contributed by atoms with Crippen molar-refractivity contribution in [3.63, 3.8) is 0 Å². The lowest BCUT2D eigenvalue weighted by Crippen LogP contribution is -2.51. The lowest BCUT2D eigenvalue weighted by Gasteiger charge is -2.40. The number of aliphatic hydroxyl groups excluding tert-OH is 1. The zero-order valence-electron chi connectivity index (χ0n) is 17.9. The lowest BCUT2D eigenvalue weighted by atomic mass is 9.93. The van der Waals surface area contributed by atoms with E-state index in [0.29, 0.717) is 42.7 Å². The van der Waals surface area contributed by atoms with Crippen LogP contribution in [0.4, 0.5) is 5.95 Å². The van der Waals surface area contributed by atoms with E-state index in [4.69, 9.17) is 11.6 Å². The molecule has 0 unspecified atom stereocenters. The predicted octanol–water partition coefficient (Wildman–Crippen LogP) is 3.72. The number of aromatic amines is 1. The molecule has 0 saturated carbocycles. The zero-order chi connectivity index (χ0) is 22.8. The van der Waals surface area contributed by atoms with Crippen LogP contribution in [0, 0.1) is 0 Å². The summed E-state index contributed by atoms with van der Waals surface area (Å²) in [5, 5.41) is 12.8. The highest BCUT2D eigenvalue weighted by molar-refractivity contribution is 6.30. The fraction of sp³-hybridized carbons (Fsp3) is 0.240. The Balaban J connectivity index is 1.42. The van der Waals surface area contributed by atoms with E-state index in [1.165, 1.54) is 0 Å². The van der Waals surface area contributed by atoms with Gasteiger partial charge in [0.25, 0.3) is 0 Å². The van der Waals surface area contributed by atoms with Gasteiger partial charge in [0.2, 0.25) is 5.95 Å². The van der Waals surface area contributed by atoms with Gasteiger partial charge >= 0.3 is 0 Å². The maximum atomic E-state index is 13.5. The van der Waals surface area contributed by atoms with Gasteiger partial charge in [-0.05, 0) is 29.8 Å². The SMILES string of the molecule is O=C(c1c[nH]c2ccccc12)[C@H](O)[C@@H](c1ccc(Cl)cc1)N1CCN(c2ncccn2)CC1. The molecule has 0 aliphatic carbocycles. The van der Waals surface area contributed by atoms with Gasteiger partial charge in [0.15, 0.2) is 5.78 Å². The molecule has 0 spiro atoms. The fourth-order valence-electron chi connectivity index (χ4n) is 4.49. The van der Waals surface area contributed by atoms with Crippen LogP contribution in [0.2, 0.25) is 5.02 Å². The summed E-state index contributed by atoms with van der Waals surface area (Å²) in [6, 6.07) is 16.3. The molecule has 5 rings (SSSR count). The largest absolute Gasteiger partial charge is 0.383 e. The third-order valence-electron chi connectivity index (χ3n) is 6.18. The van der Waals surface area contributed by atoms with Crippen molar-refractivity contribution in [2.75, 3.05) is 31.1 Å². The minimum Gasteiger partial charge on any atom is -0.383 e. The Bertz CT molecular complexity index is 1240. The number of benzene rings is 2. The molecule has 2 aromatic carbocycles. The minimum absolute atomic E-state index is 0.304. The molecule has 2 atom stereocenters. The summed E-state index contributed by atoms with van der Waals surface area (Å²) in [5.74, 6) is 0.386. The molecular formula is C25H24ClN5O2. The molecular weight excluding hydrogens is 438 g/mol. The lowest BCUT2D eigenvalue weighted by molar-refractivity contribution is 0.0365. The average molecular weight is 462 g/mol. The van der Waals surface area contributed by atoms with Crippen molar-refractivity contribution in [2.45, 2.75) is 12.1 Å². The van der Waals surface area contributed by atoms with Crippen LogP contribution < -0.4 is 4.90 Å². The number of ketones is 1. The first kappa shape index (κ1) is 21.6. The van der Waals surface area contributed by atoms with Crippen molar-refractivity contribution in [3.8, 4) is 0 Å². The van der Waals surface area contributed by atoms with Crippen LogP contribution in [0.1, 0.15) is 22.0 Å². The molecule has 0 amide bonds. The first-order valence-electron chi connectivity index (χ1n) is 10.9. The number of carbonyl (C=O) groups is 1. The number of hydrogen-bond acceptors (Lipinski definition) is 6. The number of fused-ring (bicyclic) bond motifs is 1. The summed E-state index contributed by atoms with van der Waals surface area (Å²) in [5.41, 5.74) is 2.21. The molecule has 8 heteroatoms. The van der Waals surface area contributed by atoms with Crippen LogP contribution >= 0.6 is 11.6 Å². The molecule has 3 heterocycles. The number of para-hydroxylation sites is 1. The highest BCUT2D eigenvalue weighted by Gasteiger charge is 2.36. The van der Waals surface area contributed by atoms with Gasteiger partial charge in [-0.2, -0.15) is 0 Å². The molecule has 168 valence electrons. The van der Waals surface area contributed by atoms with E-state index in [0.717, 1.165) is 16.5 Å². The maximum Gasteiger partial charge on any atom is 0.225 e. The predicted molar refractivity (Wildman–Crippen MR) is 129 cm³/mol. The van der Waals surface area contributed by atoms with Crippen molar-refractivity contribution in [2.24, 2.45) is 0 Å². The van der Waals surface area contributed by atoms with Crippen LogP contribution in [0.25, 0.3) is 10.9 Å². The summed E-state index contributed by atoms with van der Waals surface area (Å²) in [7, 11) is 0. The molecule has 1 aliphatic rings. The number of nitrogens with one attached hydrogen (secondary N) is 1. The van der Waals surface area contributed by atoms with Gasteiger partial charge in [-0.15, -0.1) is 0 Å². The van der Waals surface area contributed by atoms with Crippen LogP contribution in [-0.4, -0.2) is 63.0 Å². The second kappa shape index (κ2) is 9.31. The topological polar surface area (TPSA) is 85.4 Å². The van der Waals surface area contributed by atoms with E-state index < -0.39 is 12.1 Å². The minimum atomic E-state index is -1.23. The number of carbonyl (C=O) groups excluding carboxylic acids is 1. The van der Waals surface area contributed by atoms with Crippen LogP contribution in [-0.2, 0) is 0 Å². The normalized spacial score (nSPS) is 16.6. The fourth-order valence-corrected chi connectivity index (χ4v) is 4.61. The number of H-pyrrole nitrogens is 1. The van der Waals surface area contributed by atoms with E-state index in [1.54, 1.807) is 36.8 Å². The van der Waals surface area contributed by atoms with E-state index in [2.05, 4.69) is 24.8 Å². The number of rotatable bonds is 6. The summed E-state index contributed by atoms with van der Waals surface area (Å²) in [4.78, 5) is 29.6. The van der Waals surface area contributed by atoms with Crippen molar-refractivity contribution in [1.82, 2.24) is 19.9 Å². The van der Waals surface area contributed by atoms with E-state index in [9.17, 15) is 9.90 Å². The standard InChI is InChI=1S/C25H24ClN5O2/c26-18-8-6-17(7-9-18)22(30-12-14-31(15-13-30)25-27-10-3-11-28-25)24(33)23(32)20-16-29-21-5-2-1-4-19(20)21/h1-11,16,22,24,29,33H,12-15H2/t22-,24-/m1/s1. The van der Waals surface area contributed by atoms with Gasteiger partial charge in [-0.1, -0.05) is 41.9 Å². The van der Waals surface area contributed by atoms with Crippen LogP contribution in [0.5, 0.6) is 0 Å². The van der Waals surface area contributed by atoms with Gasteiger partial charge in [-0.25, -0.2) is 9.97 Å². The number of aliphatic hydroxyl groups is 1. The number of Topliss-reactive ketones (excluding diaryl/α,β-unsaturated/α-hetero) is 1. The maximum absolute atomic E-state index is 13.5. The molecule has 2 N–H and O–H groups in total. The third-order valence-corrected chi connectivity index (χ3v) is 6.43. The molecule has 1 aliphatic heterocycles. The number of aromatic nitrogens is 3. The van der Waals surface area contributed by atoms with Crippen LogP contribution in [0.3, 0.4) is 0 Å². The molecule has 0 radical (unpaired) electrons. The highest BCUT2D eigenvalue weighted by Crippen LogP contribution is 2.31. The van der Waals surface area contributed by atoms with E-state index in [1.807, 2.05) is 36.4 Å². The molecule has 1 fully saturated rings. The van der Waals surface area contributed by atoms with Gasteiger partial charge in [0, 0.05) is 66.3 Å². The number of anilines is 1. The Labute approximate surface area is 196 Å². The van der Waals surface area contributed by atoms with Gasteiger partial charge in [-0.3, -0.25) is 9.69 Å². The second-order valence-electron chi connectivity index (χ2n) is 8.13. The van der Waals surface area contributed by atoms with Gasteiger partial charge in [0.1, 0.15) is 6.10 Å². The molecule has 33 heavy (non-hydrogen) atoms. The van der Waals surface area contributed by atoms with Gasteiger partial charge < -0.3 is 15.0 Å². The first-order chi connectivity index (χ1) is 16.1. The molecule has 0 bridgehead atoms. The summed E-state index contributed by atoms with van der Waals surface area (Å²) in [6.45, 7) is 2.71. The van der Waals surface area contributed by atoms with Crippen molar-refractivity contribution < 1.29 is 9.90 Å². The molecule has 1 saturated heterocycles. The Morgan fingerprint density at radius 2 is 1.67 bits per heavy atom. The first-order valence-corrected chi connectivity index (χ1v) is 11.3. The Morgan fingerprint density at radius 1 is 0.970 bits per heavy atom. The van der Waals surface area contributed by atoms with Crippen LogP contribution in [0.15, 0.2) is 73.2 Å². The van der Waals surface area contributed by atoms with Crippen molar-refractivity contribution in [1.29, 1.82) is 0 Å². The quantitative estimate of drug-likeness (QED) is 0.426. The number of halogens is 1. The van der Waals surface area contributed by atoms with Gasteiger partial charge in [0.05, 0.1) is 6.04 Å². The van der Waals surface area contributed by atoms with Crippen molar-refractivity contribution in [3.05, 3.63) is 89.3 Å². The summed E-state index contributed by atoms with van der Waals surface area (Å²) < 4.78 is 0. The Morgan fingerprint density at radius 3 is 2.39 bits per heavy atom. The second-order valence-corrected chi connectivity index (χ2v) is 8.56. The Hall–Kier alpha value is -3.26. The average Bonchev–Trinajstić information content (AvgIpc) is 3.30. The third kappa shape index (κ3) is 4.35. The number of piperazine rings is 1. The van der Waals surface area contributed by atoms with E-state index in [-0.39, 0.29) is 5.78 Å². The highest BCUT2D eigenvalue weighted by atomic mass is 35.5. The monoisotopic (exact) mass is 461 g/mol. The number of hydrogen-bond donors (Lipinski definition) is 2. The smallest absolute Gasteiger partial charge is 0.225 e.